The fourth-order valence-corrected chi connectivity index (χ4v) is 4.21. The van der Waals surface area contributed by atoms with Gasteiger partial charge in [-0.25, -0.2) is 0 Å². The van der Waals surface area contributed by atoms with E-state index in [2.05, 4.69) is 15.5 Å². The number of nitrogens with zero attached hydrogens (tertiary/aromatic N) is 2. The van der Waals surface area contributed by atoms with E-state index in [1.54, 1.807) is 18.9 Å². The minimum Gasteiger partial charge on any atom is -0.497 e. The van der Waals surface area contributed by atoms with Crippen LogP contribution >= 0.6 is 34.9 Å². The van der Waals surface area contributed by atoms with Crippen LogP contribution in [0.5, 0.6) is 5.75 Å². The SMILES string of the molecule is COc1ccc(CNC(=O)[C@@H](C)Sc2nnc(SC)s2)cc1. The standard InChI is InChI=1S/C14H17N3O2S3/c1-9(21-14-17-16-13(20-3)22-14)12(18)15-8-10-4-6-11(19-2)7-5-10/h4-7,9H,8H2,1-3H3,(H,15,18)/t9-/m1/s1. The van der Waals surface area contributed by atoms with Gasteiger partial charge in [0.05, 0.1) is 12.4 Å². The molecule has 22 heavy (non-hydrogen) atoms. The highest BCUT2D eigenvalue weighted by Crippen LogP contribution is 2.30. The van der Waals surface area contributed by atoms with Gasteiger partial charge in [0, 0.05) is 6.54 Å². The number of thioether (sulfide) groups is 2. The fraction of sp³-hybridized carbons (Fsp3) is 0.357. The molecule has 0 unspecified atom stereocenters. The van der Waals surface area contributed by atoms with E-state index >= 15 is 0 Å². The molecule has 118 valence electrons. The number of ether oxygens (including phenoxy) is 1. The fourth-order valence-electron chi connectivity index (χ4n) is 1.61. The van der Waals surface area contributed by atoms with E-state index in [0.29, 0.717) is 6.54 Å². The first kappa shape index (κ1) is 17.1. The maximum absolute atomic E-state index is 12.1. The van der Waals surface area contributed by atoms with Gasteiger partial charge in [0.1, 0.15) is 5.75 Å². The first-order valence-corrected chi connectivity index (χ1v) is 9.49. The van der Waals surface area contributed by atoms with Gasteiger partial charge >= 0.3 is 0 Å². The number of carbonyl (C=O) groups excluding carboxylic acids is 1. The largest absolute Gasteiger partial charge is 0.497 e. The van der Waals surface area contributed by atoms with Crippen molar-refractivity contribution in [3.63, 3.8) is 0 Å². The van der Waals surface area contributed by atoms with E-state index in [9.17, 15) is 4.79 Å². The van der Waals surface area contributed by atoms with Gasteiger partial charge < -0.3 is 10.1 Å². The van der Waals surface area contributed by atoms with Gasteiger partial charge in [0.2, 0.25) is 5.91 Å². The number of benzene rings is 1. The van der Waals surface area contributed by atoms with Crippen molar-refractivity contribution in [1.82, 2.24) is 15.5 Å². The summed E-state index contributed by atoms with van der Waals surface area (Å²) in [4.78, 5) is 12.1. The zero-order chi connectivity index (χ0) is 15.9. The summed E-state index contributed by atoms with van der Waals surface area (Å²) in [6, 6.07) is 7.63. The molecule has 8 heteroatoms. The Balaban J connectivity index is 1.82. The Morgan fingerprint density at radius 2 is 2.00 bits per heavy atom. The number of aromatic nitrogens is 2. The van der Waals surface area contributed by atoms with Crippen LogP contribution in [0.25, 0.3) is 0 Å². The van der Waals surface area contributed by atoms with Crippen molar-refractivity contribution < 1.29 is 9.53 Å². The lowest BCUT2D eigenvalue weighted by Crippen LogP contribution is -2.30. The van der Waals surface area contributed by atoms with Crippen molar-refractivity contribution in [2.45, 2.75) is 27.4 Å². The molecule has 1 aromatic carbocycles. The van der Waals surface area contributed by atoms with Crippen LogP contribution < -0.4 is 10.1 Å². The number of hydrogen-bond donors (Lipinski definition) is 1. The molecule has 1 heterocycles. The lowest BCUT2D eigenvalue weighted by Gasteiger charge is -2.10. The van der Waals surface area contributed by atoms with Gasteiger partial charge in [-0.2, -0.15) is 0 Å². The monoisotopic (exact) mass is 355 g/mol. The molecule has 0 saturated heterocycles. The Kier molecular flexibility index (Phi) is 6.53. The summed E-state index contributed by atoms with van der Waals surface area (Å²) < 4.78 is 6.83. The third kappa shape index (κ3) is 4.89. The first-order chi connectivity index (χ1) is 10.6. The van der Waals surface area contributed by atoms with E-state index in [4.69, 9.17) is 4.74 Å². The van der Waals surface area contributed by atoms with Gasteiger partial charge in [-0.1, -0.05) is 47.0 Å². The molecule has 2 aromatic rings. The number of nitrogens with one attached hydrogen (secondary N) is 1. The number of amides is 1. The molecule has 0 aliphatic carbocycles. The molecule has 1 aromatic heterocycles. The van der Waals surface area contributed by atoms with Crippen molar-refractivity contribution in [2.24, 2.45) is 0 Å². The molecule has 0 fully saturated rings. The topological polar surface area (TPSA) is 64.1 Å². The molecular formula is C14H17N3O2S3. The van der Waals surface area contributed by atoms with Crippen molar-refractivity contribution >= 4 is 40.8 Å². The summed E-state index contributed by atoms with van der Waals surface area (Å²) in [5.74, 6) is 0.793. The lowest BCUT2D eigenvalue weighted by molar-refractivity contribution is -0.120. The van der Waals surface area contributed by atoms with Crippen molar-refractivity contribution in [3.8, 4) is 5.75 Å². The molecule has 0 aliphatic heterocycles. The first-order valence-electron chi connectivity index (χ1n) is 6.57. The summed E-state index contributed by atoms with van der Waals surface area (Å²) >= 11 is 4.49. The summed E-state index contributed by atoms with van der Waals surface area (Å²) in [7, 11) is 1.63. The average Bonchev–Trinajstić information content (AvgIpc) is 3.00. The zero-order valence-electron chi connectivity index (χ0n) is 12.5. The third-order valence-electron chi connectivity index (χ3n) is 2.84. The van der Waals surface area contributed by atoms with Gasteiger partial charge in [-0.15, -0.1) is 10.2 Å². The van der Waals surface area contributed by atoms with Crippen LogP contribution in [-0.2, 0) is 11.3 Å². The second-order valence-electron chi connectivity index (χ2n) is 4.36. The Morgan fingerprint density at radius 1 is 1.32 bits per heavy atom. The minimum absolute atomic E-state index is 0.0123. The highest BCUT2D eigenvalue weighted by Gasteiger charge is 2.16. The van der Waals surface area contributed by atoms with Crippen LogP contribution in [0.2, 0.25) is 0 Å². The van der Waals surface area contributed by atoms with E-state index in [0.717, 1.165) is 20.0 Å². The molecule has 2 rings (SSSR count). The third-order valence-corrected chi connectivity index (χ3v) is 5.92. The van der Waals surface area contributed by atoms with Crippen LogP contribution in [-0.4, -0.2) is 34.7 Å². The van der Waals surface area contributed by atoms with Crippen molar-refractivity contribution in [3.05, 3.63) is 29.8 Å². The van der Waals surface area contributed by atoms with Crippen LogP contribution in [0.15, 0.2) is 32.9 Å². The summed E-state index contributed by atoms with van der Waals surface area (Å²) in [6.07, 6.45) is 1.96. The molecule has 0 saturated carbocycles. The van der Waals surface area contributed by atoms with E-state index < -0.39 is 0 Å². The lowest BCUT2D eigenvalue weighted by atomic mass is 10.2. The highest BCUT2D eigenvalue weighted by molar-refractivity contribution is 8.03. The van der Waals surface area contributed by atoms with Crippen LogP contribution in [0.3, 0.4) is 0 Å². The van der Waals surface area contributed by atoms with E-state index in [1.807, 2.05) is 37.4 Å². The molecule has 0 aliphatic rings. The highest BCUT2D eigenvalue weighted by atomic mass is 32.2. The summed E-state index contributed by atoms with van der Waals surface area (Å²) in [5, 5.41) is 10.8. The smallest absolute Gasteiger partial charge is 0.233 e. The van der Waals surface area contributed by atoms with Gasteiger partial charge in [0.25, 0.3) is 0 Å². The van der Waals surface area contributed by atoms with Crippen LogP contribution in [0, 0.1) is 0 Å². The number of carbonyl (C=O) groups is 1. The Bertz CT molecular complexity index is 616. The molecule has 0 radical (unpaired) electrons. The van der Waals surface area contributed by atoms with Crippen molar-refractivity contribution in [1.29, 1.82) is 0 Å². The molecule has 1 amide bonds. The molecule has 0 spiro atoms. The van der Waals surface area contributed by atoms with Crippen molar-refractivity contribution in [2.75, 3.05) is 13.4 Å². The molecule has 0 bridgehead atoms. The Hall–Kier alpha value is -1.25. The molecule has 5 nitrogen and oxygen atoms in total. The molecule has 1 N–H and O–H groups in total. The quantitative estimate of drug-likeness (QED) is 0.770. The van der Waals surface area contributed by atoms with E-state index in [-0.39, 0.29) is 11.2 Å². The maximum atomic E-state index is 12.1. The Labute approximate surface area is 142 Å². The minimum atomic E-state index is -0.207. The van der Waals surface area contributed by atoms with Gasteiger partial charge in [-0.3, -0.25) is 4.79 Å². The summed E-state index contributed by atoms with van der Waals surface area (Å²) in [6.45, 7) is 2.37. The normalized spacial score (nSPS) is 12.0. The summed E-state index contributed by atoms with van der Waals surface area (Å²) in [5.41, 5.74) is 1.03. The maximum Gasteiger partial charge on any atom is 0.233 e. The molecule has 1 atom stereocenters. The average molecular weight is 356 g/mol. The predicted molar refractivity (Wildman–Crippen MR) is 91.8 cm³/mol. The van der Waals surface area contributed by atoms with Crippen LogP contribution in [0.1, 0.15) is 12.5 Å². The molecular weight excluding hydrogens is 338 g/mol. The number of rotatable bonds is 7. The number of hydrogen-bond acceptors (Lipinski definition) is 7. The Morgan fingerprint density at radius 3 is 2.59 bits per heavy atom. The second kappa shape index (κ2) is 8.40. The van der Waals surface area contributed by atoms with Crippen LogP contribution in [0.4, 0.5) is 0 Å². The zero-order valence-corrected chi connectivity index (χ0v) is 15.0. The van der Waals surface area contributed by atoms with Gasteiger partial charge in [-0.05, 0) is 30.9 Å². The second-order valence-corrected chi connectivity index (χ2v) is 7.98. The van der Waals surface area contributed by atoms with E-state index in [1.165, 1.54) is 23.1 Å². The number of methoxy groups -OCH3 is 1. The van der Waals surface area contributed by atoms with Gasteiger partial charge in [0.15, 0.2) is 8.68 Å². The predicted octanol–water partition coefficient (Wildman–Crippen LogP) is 3.07.